The highest BCUT2D eigenvalue weighted by molar-refractivity contribution is 7.89. The van der Waals surface area contributed by atoms with Crippen LogP contribution in [-0.2, 0) is 10.0 Å². The van der Waals surface area contributed by atoms with Gasteiger partial charge in [0.05, 0.1) is 9.85 Å². The quantitative estimate of drug-likeness (QED) is 0.229. The molecule has 3 N–H and O–H groups in total. The zero-order valence-electron chi connectivity index (χ0n) is 21.4. The number of para-hydroxylation sites is 1. The van der Waals surface area contributed by atoms with Crippen LogP contribution >= 0.6 is 34.5 Å². The minimum Gasteiger partial charge on any atom is -0.369 e. The van der Waals surface area contributed by atoms with Crippen molar-refractivity contribution in [3.8, 4) is 0 Å². The van der Waals surface area contributed by atoms with Crippen molar-refractivity contribution in [1.29, 1.82) is 0 Å². The van der Waals surface area contributed by atoms with Crippen molar-refractivity contribution in [2.75, 3.05) is 30.3 Å². The third kappa shape index (κ3) is 7.10. The first-order valence-corrected chi connectivity index (χ1v) is 16.6. The highest BCUT2D eigenvalue weighted by Crippen LogP contribution is 2.35. The van der Waals surface area contributed by atoms with Gasteiger partial charge in [-0.05, 0) is 74.5 Å². The fraction of sp³-hybridized carbons (Fsp3) is 0.556. The fourth-order valence-electron chi connectivity index (χ4n) is 5.61. The van der Waals surface area contributed by atoms with E-state index in [0.717, 1.165) is 66.8 Å². The van der Waals surface area contributed by atoms with Gasteiger partial charge in [0.15, 0.2) is 0 Å². The van der Waals surface area contributed by atoms with Crippen LogP contribution in [-0.4, -0.2) is 38.0 Å². The van der Waals surface area contributed by atoms with Crippen LogP contribution in [0.15, 0.2) is 35.2 Å². The Morgan fingerprint density at radius 1 is 0.842 bits per heavy atom. The lowest BCUT2D eigenvalue weighted by Crippen LogP contribution is -2.32. The molecule has 2 fully saturated rings. The van der Waals surface area contributed by atoms with Gasteiger partial charge in [0, 0.05) is 25.0 Å². The largest absolute Gasteiger partial charge is 0.369 e. The Hall–Kier alpha value is -1.65. The minimum atomic E-state index is -3.65. The molecule has 2 aliphatic rings. The molecule has 0 unspecified atom stereocenters. The van der Waals surface area contributed by atoms with Gasteiger partial charge in [0.1, 0.15) is 15.0 Å². The zero-order chi connectivity index (χ0) is 26.5. The van der Waals surface area contributed by atoms with Gasteiger partial charge in [-0.25, -0.2) is 18.1 Å². The van der Waals surface area contributed by atoms with Crippen LogP contribution in [0.25, 0.3) is 10.9 Å². The molecule has 1 aromatic carbocycles. The Morgan fingerprint density at radius 2 is 1.50 bits per heavy atom. The maximum Gasteiger partial charge on any atom is 0.242 e. The molecule has 2 heterocycles. The van der Waals surface area contributed by atoms with Gasteiger partial charge in [-0.3, -0.25) is 0 Å². The van der Waals surface area contributed by atoms with Crippen molar-refractivity contribution in [3.63, 3.8) is 0 Å². The number of thiophene rings is 1. The Labute approximate surface area is 239 Å². The highest BCUT2D eigenvalue weighted by Gasteiger charge is 2.25. The average molecular weight is 597 g/mol. The average Bonchev–Trinajstić information content (AvgIpc) is 3.29. The molecule has 3 aromatic rings. The van der Waals surface area contributed by atoms with Gasteiger partial charge in [-0.1, -0.05) is 54.6 Å². The number of rotatable bonds is 10. The van der Waals surface area contributed by atoms with Crippen molar-refractivity contribution in [3.05, 3.63) is 39.0 Å². The number of nitrogens with one attached hydrogen (secondary N) is 3. The zero-order valence-corrected chi connectivity index (χ0v) is 24.5. The van der Waals surface area contributed by atoms with Crippen molar-refractivity contribution in [2.45, 2.75) is 62.7 Å². The summed E-state index contributed by atoms with van der Waals surface area (Å²) in [4.78, 5) is 9.68. The van der Waals surface area contributed by atoms with E-state index in [1.54, 1.807) is 0 Å². The van der Waals surface area contributed by atoms with Crippen LogP contribution in [0, 0.1) is 17.8 Å². The number of halogens is 2. The third-order valence-electron chi connectivity index (χ3n) is 7.88. The number of hydrogen-bond acceptors (Lipinski definition) is 7. The first-order chi connectivity index (χ1) is 18.4. The molecule has 0 saturated heterocycles. The lowest BCUT2D eigenvalue weighted by Gasteiger charge is -2.28. The van der Waals surface area contributed by atoms with Gasteiger partial charge < -0.3 is 10.6 Å². The van der Waals surface area contributed by atoms with E-state index < -0.39 is 10.0 Å². The van der Waals surface area contributed by atoms with Crippen LogP contribution in [0.1, 0.15) is 57.8 Å². The second-order valence-electron chi connectivity index (χ2n) is 10.6. The standard InChI is InChI=1S/C27H35Cl2N5O2S2/c28-24-14-23(25(29)37-24)38(35,36)32-17-20-12-10-19(11-13-20)16-31-27-33-22-9-5-4-8-21(22)26(34-27)30-15-18-6-2-1-3-7-18/h4-5,8-9,14,18-20,32H,1-3,6-7,10-13,15-17H2,(H2,30,31,33,34). The van der Waals surface area contributed by atoms with Crippen LogP contribution in [0.2, 0.25) is 8.67 Å². The number of anilines is 2. The first-order valence-electron chi connectivity index (χ1n) is 13.6. The summed E-state index contributed by atoms with van der Waals surface area (Å²) in [6.45, 7) is 2.18. The number of aromatic nitrogens is 2. The molecule has 38 heavy (non-hydrogen) atoms. The summed E-state index contributed by atoms with van der Waals surface area (Å²) in [5, 5.41) is 8.17. The summed E-state index contributed by atoms with van der Waals surface area (Å²) >= 11 is 13.0. The Balaban J connectivity index is 1.12. The van der Waals surface area contributed by atoms with E-state index in [1.807, 2.05) is 18.2 Å². The second kappa shape index (κ2) is 12.7. The summed E-state index contributed by atoms with van der Waals surface area (Å²) in [6, 6.07) is 9.58. The number of fused-ring (bicyclic) bond motifs is 1. The summed E-state index contributed by atoms with van der Waals surface area (Å²) < 4.78 is 28.5. The van der Waals surface area contributed by atoms with Gasteiger partial charge in [0.25, 0.3) is 0 Å². The Bertz CT molecular complexity index is 1340. The molecule has 0 amide bonds. The molecule has 7 nitrogen and oxygen atoms in total. The summed E-state index contributed by atoms with van der Waals surface area (Å²) in [5.74, 6) is 3.10. The first kappa shape index (κ1) is 27.9. The van der Waals surface area contributed by atoms with Crippen molar-refractivity contribution in [2.24, 2.45) is 17.8 Å². The SMILES string of the molecule is O=S(=O)(NCC1CCC(CNc2nc(NCC3CCCCC3)c3ccccc3n2)CC1)c1cc(Cl)sc1Cl. The molecule has 0 spiro atoms. The second-order valence-corrected chi connectivity index (χ2v) is 14.6. The van der Waals surface area contributed by atoms with E-state index in [0.29, 0.717) is 34.6 Å². The maximum atomic E-state index is 12.6. The van der Waals surface area contributed by atoms with Crippen LogP contribution in [0.5, 0.6) is 0 Å². The summed E-state index contributed by atoms with van der Waals surface area (Å²) in [5.41, 5.74) is 0.944. The van der Waals surface area contributed by atoms with Crippen molar-refractivity contribution < 1.29 is 8.42 Å². The smallest absolute Gasteiger partial charge is 0.242 e. The van der Waals surface area contributed by atoms with Gasteiger partial charge in [-0.15, -0.1) is 11.3 Å². The molecule has 5 rings (SSSR count). The molecular weight excluding hydrogens is 561 g/mol. The molecule has 0 aliphatic heterocycles. The van der Waals surface area contributed by atoms with Gasteiger partial charge >= 0.3 is 0 Å². The molecule has 0 atom stereocenters. The number of hydrogen-bond donors (Lipinski definition) is 3. The number of nitrogens with zero attached hydrogens (tertiary/aromatic N) is 2. The highest BCUT2D eigenvalue weighted by atomic mass is 35.5. The molecule has 2 aliphatic carbocycles. The van der Waals surface area contributed by atoms with E-state index in [1.165, 1.54) is 38.2 Å². The molecule has 206 valence electrons. The van der Waals surface area contributed by atoms with Crippen molar-refractivity contribution in [1.82, 2.24) is 14.7 Å². The normalized spacial score (nSPS) is 21.0. The number of sulfonamides is 1. The van der Waals surface area contributed by atoms with E-state index in [2.05, 4.69) is 21.4 Å². The van der Waals surface area contributed by atoms with Crippen LogP contribution in [0.3, 0.4) is 0 Å². The predicted octanol–water partition coefficient (Wildman–Crippen LogP) is 7.19. The van der Waals surface area contributed by atoms with Crippen LogP contribution in [0.4, 0.5) is 11.8 Å². The predicted molar refractivity (Wildman–Crippen MR) is 158 cm³/mol. The molecule has 11 heteroatoms. The molecule has 0 bridgehead atoms. The molecule has 2 aromatic heterocycles. The third-order valence-corrected chi connectivity index (χ3v) is 11.1. The topological polar surface area (TPSA) is 96.0 Å². The Morgan fingerprint density at radius 3 is 2.21 bits per heavy atom. The minimum absolute atomic E-state index is 0.0648. The van der Waals surface area contributed by atoms with Gasteiger partial charge in [0.2, 0.25) is 16.0 Å². The molecular formula is C27H35Cl2N5O2S2. The lowest BCUT2D eigenvalue weighted by atomic mass is 9.82. The Kier molecular flexibility index (Phi) is 9.31. The van der Waals surface area contributed by atoms with E-state index in [4.69, 9.17) is 33.2 Å². The summed E-state index contributed by atoms with van der Waals surface area (Å²) in [6.07, 6.45) is 10.6. The molecule has 2 saturated carbocycles. The van der Waals surface area contributed by atoms with E-state index in [9.17, 15) is 8.42 Å². The van der Waals surface area contributed by atoms with Crippen LogP contribution < -0.4 is 15.4 Å². The molecule has 0 radical (unpaired) electrons. The van der Waals surface area contributed by atoms with Crippen molar-refractivity contribution >= 4 is 67.2 Å². The summed E-state index contributed by atoms with van der Waals surface area (Å²) in [7, 11) is -3.65. The maximum absolute atomic E-state index is 12.6. The van der Waals surface area contributed by atoms with Gasteiger partial charge in [-0.2, -0.15) is 4.98 Å². The van der Waals surface area contributed by atoms with E-state index >= 15 is 0 Å². The fourth-order valence-corrected chi connectivity index (χ4v) is 8.88. The monoisotopic (exact) mass is 595 g/mol. The van der Waals surface area contributed by atoms with E-state index in [-0.39, 0.29) is 9.23 Å². The lowest BCUT2D eigenvalue weighted by molar-refractivity contribution is 0.284. The number of benzene rings is 1.